The summed E-state index contributed by atoms with van der Waals surface area (Å²) in [7, 11) is 4.01. The highest BCUT2D eigenvalue weighted by Crippen LogP contribution is 2.35. The molecule has 2 unspecified atom stereocenters. The fourth-order valence-electron chi connectivity index (χ4n) is 9.59. The first-order valence-electron chi connectivity index (χ1n) is 27.6. The molecule has 0 aliphatic heterocycles. The molecule has 0 saturated carbocycles. The predicted octanol–water partition coefficient (Wildman–Crippen LogP) is 17.3. The van der Waals surface area contributed by atoms with E-state index in [1.54, 1.807) is 48.5 Å². The number of carbonyl (C=O) groups is 4. The van der Waals surface area contributed by atoms with Crippen LogP contribution in [0.2, 0.25) is 20.1 Å². The summed E-state index contributed by atoms with van der Waals surface area (Å²) >= 11 is 24.4. The van der Waals surface area contributed by atoms with Gasteiger partial charge in [-0.25, -0.2) is 0 Å². The molecule has 6 aromatic carbocycles. The van der Waals surface area contributed by atoms with E-state index in [9.17, 15) is 45.5 Å². The number of ketones is 3. The fraction of sp³-hybridized carbons (Fsp3) is 0.385. The molecule has 0 aliphatic rings. The average molecular weight is 1250 g/mol. The van der Waals surface area contributed by atoms with Crippen molar-refractivity contribution in [1.29, 1.82) is 0 Å². The highest BCUT2D eigenvalue weighted by Gasteiger charge is 2.40. The number of nitrogens with zero attached hydrogens (tertiary/aromatic N) is 2. The molecule has 0 spiro atoms. The van der Waals surface area contributed by atoms with Crippen LogP contribution in [-0.2, 0) is 19.2 Å². The molecule has 0 aliphatic carbocycles. The van der Waals surface area contributed by atoms with E-state index >= 15 is 0 Å². The van der Waals surface area contributed by atoms with Crippen LogP contribution in [0.4, 0.5) is 26.3 Å². The number of alkyl halides is 6. The number of carbonyl (C=O) groups excluding carboxylic acids is 3. The Hall–Kier alpha value is -5.94. The standard InChI is InChI=1S/C33H36Cl2F3NO3.C32H34Cl2F3NO4/c1-23(40)5-3-4-6-27(21-32(41)33(36,37)38)24-11-17-30(18-12-24)42-20-19-39(2)22-31(25-7-13-28(34)14-8-25)26-9-15-29(35)16-10-26;1-38(21-29(23-6-12-26(33)13-7-23)24-8-14-27(34)15-9-24)18-19-42-28-16-10-22(11-17-28)25(4-2-3-5-31(40)41)20-30(39)32(35,36)37/h7-18,27,31H,3-6,19-22H2,1-2H3;6-17,25,29H,2-5,18-21H2,1H3,(H,40,41). The van der Waals surface area contributed by atoms with Gasteiger partial charge < -0.3 is 29.2 Å². The topological polar surface area (TPSA) is 113 Å². The molecule has 2 atom stereocenters. The lowest BCUT2D eigenvalue weighted by atomic mass is 9.88. The zero-order chi connectivity index (χ0) is 61.4. The van der Waals surface area contributed by atoms with Crippen molar-refractivity contribution in [3.05, 3.63) is 199 Å². The summed E-state index contributed by atoms with van der Waals surface area (Å²) in [6.07, 6.45) is -8.21. The van der Waals surface area contributed by atoms with Gasteiger partial charge in [0.15, 0.2) is 0 Å². The number of aliphatic carboxylic acids is 1. The number of halogens is 10. The van der Waals surface area contributed by atoms with Gasteiger partial charge in [-0.15, -0.1) is 0 Å². The third kappa shape index (κ3) is 24.6. The Morgan fingerprint density at radius 2 is 0.738 bits per heavy atom. The Labute approximate surface area is 508 Å². The molecule has 6 aromatic rings. The van der Waals surface area contributed by atoms with Crippen LogP contribution >= 0.6 is 46.4 Å². The van der Waals surface area contributed by atoms with Gasteiger partial charge in [-0.05, 0) is 165 Å². The second kappa shape index (κ2) is 34.3. The number of rotatable bonds is 32. The fourth-order valence-corrected chi connectivity index (χ4v) is 10.1. The molecule has 0 radical (unpaired) electrons. The molecule has 0 saturated heterocycles. The first kappa shape index (κ1) is 68.8. The number of hydrogen-bond acceptors (Lipinski definition) is 8. The lowest BCUT2D eigenvalue weighted by Crippen LogP contribution is -2.29. The zero-order valence-electron chi connectivity index (χ0n) is 47.1. The summed E-state index contributed by atoms with van der Waals surface area (Å²) in [6.45, 7) is 4.97. The first-order chi connectivity index (χ1) is 39.8. The Bertz CT molecular complexity index is 2670. The lowest BCUT2D eigenvalue weighted by molar-refractivity contribution is -0.171. The summed E-state index contributed by atoms with van der Waals surface area (Å²) in [5, 5.41) is 11.5. The molecule has 6 rings (SSSR count). The molecule has 452 valence electrons. The van der Waals surface area contributed by atoms with Crippen molar-refractivity contribution in [2.75, 3.05) is 53.5 Å². The number of hydrogen-bond donors (Lipinski definition) is 1. The molecule has 19 heteroatoms. The normalized spacial score (nSPS) is 12.5. The minimum Gasteiger partial charge on any atom is -0.492 e. The summed E-state index contributed by atoms with van der Waals surface area (Å²) in [5.41, 5.74) is 5.72. The number of unbranched alkanes of at least 4 members (excludes halogenated alkanes) is 2. The SMILES string of the molecule is CC(=O)CCCCC(CC(=O)C(F)(F)F)c1ccc(OCCN(C)CC(c2ccc(Cl)cc2)c2ccc(Cl)cc2)cc1.CN(CCOc1ccc(C(CCCCC(=O)O)CC(=O)C(F)(F)F)cc1)CC(c1ccc(Cl)cc1)c1ccc(Cl)cc1. The van der Waals surface area contributed by atoms with Crippen molar-refractivity contribution in [3.63, 3.8) is 0 Å². The molecule has 0 fully saturated rings. The van der Waals surface area contributed by atoms with Crippen molar-refractivity contribution in [3.8, 4) is 11.5 Å². The number of benzene rings is 6. The van der Waals surface area contributed by atoms with Gasteiger partial charge in [0.05, 0.1) is 0 Å². The molecule has 9 nitrogen and oxygen atoms in total. The lowest BCUT2D eigenvalue weighted by Gasteiger charge is -2.25. The van der Waals surface area contributed by atoms with Crippen LogP contribution in [0.25, 0.3) is 0 Å². The highest BCUT2D eigenvalue weighted by molar-refractivity contribution is 6.31. The Morgan fingerprint density at radius 3 is 1.01 bits per heavy atom. The maximum Gasteiger partial charge on any atom is 0.449 e. The second-order valence-electron chi connectivity index (χ2n) is 20.9. The van der Waals surface area contributed by atoms with E-state index in [1.807, 2.05) is 111 Å². The second-order valence-corrected chi connectivity index (χ2v) is 22.6. The summed E-state index contributed by atoms with van der Waals surface area (Å²) in [5.74, 6) is -4.36. The number of Topliss-reactive ketones (excluding diaryl/α,β-unsaturated/α-hetero) is 3. The maximum absolute atomic E-state index is 13.0. The van der Waals surface area contributed by atoms with E-state index in [0.29, 0.717) is 114 Å². The van der Waals surface area contributed by atoms with Gasteiger partial charge in [0.2, 0.25) is 11.6 Å². The predicted molar refractivity (Wildman–Crippen MR) is 320 cm³/mol. The van der Waals surface area contributed by atoms with Gasteiger partial charge in [0.25, 0.3) is 0 Å². The van der Waals surface area contributed by atoms with E-state index in [0.717, 1.165) is 28.8 Å². The van der Waals surface area contributed by atoms with Gasteiger partial charge in [-0.3, -0.25) is 14.4 Å². The molecule has 0 heterocycles. The first-order valence-corrected chi connectivity index (χ1v) is 29.1. The summed E-state index contributed by atoms with van der Waals surface area (Å²) < 4.78 is 89.5. The third-order valence-corrected chi connectivity index (χ3v) is 15.3. The van der Waals surface area contributed by atoms with E-state index < -0.39 is 54.6 Å². The smallest absolute Gasteiger partial charge is 0.449 e. The van der Waals surface area contributed by atoms with Gasteiger partial charge in [0, 0.05) is 83.8 Å². The maximum atomic E-state index is 13.0. The van der Waals surface area contributed by atoms with Crippen LogP contribution in [-0.4, -0.2) is 104 Å². The largest absolute Gasteiger partial charge is 0.492 e. The van der Waals surface area contributed by atoms with E-state index in [1.165, 1.54) is 6.92 Å². The summed E-state index contributed by atoms with van der Waals surface area (Å²) in [6, 6.07) is 44.7. The van der Waals surface area contributed by atoms with E-state index in [4.69, 9.17) is 61.0 Å². The van der Waals surface area contributed by atoms with Crippen molar-refractivity contribution in [1.82, 2.24) is 9.80 Å². The monoisotopic (exact) mass is 1240 g/mol. The van der Waals surface area contributed by atoms with Crippen LogP contribution in [0, 0.1) is 0 Å². The van der Waals surface area contributed by atoms with Crippen LogP contribution < -0.4 is 9.47 Å². The van der Waals surface area contributed by atoms with Crippen molar-refractivity contribution in [2.45, 2.75) is 107 Å². The quantitative estimate of drug-likeness (QED) is 0.0326. The van der Waals surface area contributed by atoms with Crippen LogP contribution in [0.1, 0.15) is 128 Å². The molecule has 84 heavy (non-hydrogen) atoms. The average Bonchev–Trinajstić information content (AvgIpc) is 3.46. The van der Waals surface area contributed by atoms with Crippen molar-refractivity contribution < 1.29 is 60.1 Å². The van der Waals surface area contributed by atoms with Gasteiger partial charge in [-0.2, -0.15) is 26.3 Å². The number of likely N-dealkylation sites (N-methyl/N-ethyl adjacent to an activating group) is 2. The van der Waals surface area contributed by atoms with Gasteiger partial charge in [0.1, 0.15) is 30.5 Å². The van der Waals surface area contributed by atoms with Crippen LogP contribution in [0.3, 0.4) is 0 Å². The molecule has 0 bridgehead atoms. The van der Waals surface area contributed by atoms with Crippen LogP contribution in [0.15, 0.2) is 146 Å². The van der Waals surface area contributed by atoms with Gasteiger partial charge >= 0.3 is 18.3 Å². The Balaban J connectivity index is 0.000000307. The Morgan fingerprint density at radius 1 is 0.452 bits per heavy atom. The Kier molecular flexibility index (Phi) is 28.1. The minimum absolute atomic E-state index is 0.0375. The molecule has 0 amide bonds. The zero-order valence-corrected chi connectivity index (χ0v) is 50.1. The van der Waals surface area contributed by atoms with Gasteiger partial charge in [-0.1, -0.05) is 132 Å². The molecule has 1 N–H and O–H groups in total. The van der Waals surface area contributed by atoms with Crippen molar-refractivity contribution >= 4 is 69.7 Å². The van der Waals surface area contributed by atoms with Crippen LogP contribution in [0.5, 0.6) is 11.5 Å². The molecular weight excluding hydrogens is 1180 g/mol. The van der Waals surface area contributed by atoms with E-state index in [-0.39, 0.29) is 30.5 Å². The molecular formula is C65H70Cl4F6N2O7. The number of carboxylic acids is 1. The third-order valence-electron chi connectivity index (χ3n) is 14.3. The minimum atomic E-state index is -4.91. The highest BCUT2D eigenvalue weighted by atomic mass is 35.5. The summed E-state index contributed by atoms with van der Waals surface area (Å²) in [4.78, 5) is 49.7. The van der Waals surface area contributed by atoms with E-state index in [2.05, 4.69) is 9.80 Å². The number of carboxylic acid groups (broad SMARTS) is 1. The molecule has 0 aromatic heterocycles. The number of ether oxygens (including phenoxy) is 2. The van der Waals surface area contributed by atoms with Crippen molar-refractivity contribution in [2.24, 2.45) is 0 Å².